The molecule has 0 saturated carbocycles. The van der Waals surface area contributed by atoms with E-state index in [1.54, 1.807) is 19.1 Å². The molecule has 1 atom stereocenters. The van der Waals surface area contributed by atoms with Crippen molar-refractivity contribution in [3.63, 3.8) is 0 Å². The molecule has 0 radical (unpaired) electrons. The Balaban J connectivity index is 1.72. The number of carbonyl (C=O) groups is 2. The lowest BCUT2D eigenvalue weighted by molar-refractivity contribution is -0.142. The third-order valence-corrected chi connectivity index (χ3v) is 5.07. The monoisotopic (exact) mass is 398 g/mol. The Morgan fingerprint density at radius 2 is 1.69 bits per heavy atom. The van der Waals surface area contributed by atoms with Gasteiger partial charge in [0.25, 0.3) is 0 Å². The molecule has 7 heteroatoms. The number of hydrogen-bond donors (Lipinski definition) is 1. The lowest BCUT2D eigenvalue weighted by Gasteiger charge is -2.31. The smallest absolute Gasteiger partial charge is 0.328 e. The summed E-state index contributed by atoms with van der Waals surface area (Å²) >= 11 is 0. The molecule has 1 N–H and O–H groups in total. The van der Waals surface area contributed by atoms with E-state index in [1.165, 1.54) is 7.11 Å². The first-order valence-electron chi connectivity index (χ1n) is 9.46. The van der Waals surface area contributed by atoms with Crippen LogP contribution in [0.15, 0.2) is 42.5 Å². The summed E-state index contributed by atoms with van der Waals surface area (Å²) in [5, 5.41) is 2.82. The van der Waals surface area contributed by atoms with Gasteiger partial charge in [0.05, 0.1) is 21.3 Å². The Morgan fingerprint density at radius 3 is 2.31 bits per heavy atom. The van der Waals surface area contributed by atoms with Crippen LogP contribution in [-0.2, 0) is 28.9 Å². The molecule has 0 saturated heterocycles. The molecule has 7 nitrogen and oxygen atoms in total. The van der Waals surface area contributed by atoms with Crippen LogP contribution in [0.3, 0.4) is 0 Å². The van der Waals surface area contributed by atoms with Crippen LogP contribution in [0.25, 0.3) is 0 Å². The quantitative estimate of drug-likeness (QED) is 0.757. The highest BCUT2D eigenvalue weighted by Crippen LogP contribution is 2.33. The highest BCUT2D eigenvalue weighted by molar-refractivity contribution is 5.84. The van der Waals surface area contributed by atoms with E-state index in [2.05, 4.69) is 5.32 Å². The highest BCUT2D eigenvalue weighted by Gasteiger charge is 2.27. The second-order valence-electron chi connectivity index (χ2n) is 6.86. The summed E-state index contributed by atoms with van der Waals surface area (Å²) in [5.74, 6) is 0.841. The SMILES string of the molecule is COC(=O)[C@H](Cc1ccccc1)NC(=O)N1CCc2cc(OC)c(OC)cc2C1. The summed E-state index contributed by atoms with van der Waals surface area (Å²) in [6, 6.07) is 12.3. The predicted molar refractivity (Wildman–Crippen MR) is 108 cm³/mol. The third kappa shape index (κ3) is 4.80. The number of benzene rings is 2. The van der Waals surface area contributed by atoms with Gasteiger partial charge in [0, 0.05) is 19.5 Å². The normalized spacial score (nSPS) is 13.8. The van der Waals surface area contributed by atoms with Crippen LogP contribution in [0.2, 0.25) is 0 Å². The van der Waals surface area contributed by atoms with E-state index in [0.717, 1.165) is 16.7 Å². The zero-order valence-corrected chi connectivity index (χ0v) is 16.9. The lowest BCUT2D eigenvalue weighted by Crippen LogP contribution is -2.50. The first-order valence-corrected chi connectivity index (χ1v) is 9.46. The van der Waals surface area contributed by atoms with Gasteiger partial charge in [-0.05, 0) is 35.2 Å². The Kier molecular flexibility index (Phi) is 6.59. The minimum atomic E-state index is -0.748. The van der Waals surface area contributed by atoms with Gasteiger partial charge in [0.2, 0.25) is 0 Å². The molecule has 0 bridgehead atoms. The van der Waals surface area contributed by atoms with E-state index >= 15 is 0 Å². The molecule has 0 aliphatic carbocycles. The number of methoxy groups -OCH3 is 3. The molecule has 154 valence electrons. The Labute approximate surface area is 170 Å². The van der Waals surface area contributed by atoms with E-state index in [9.17, 15) is 9.59 Å². The lowest BCUT2D eigenvalue weighted by atomic mass is 9.99. The Morgan fingerprint density at radius 1 is 1.03 bits per heavy atom. The summed E-state index contributed by atoms with van der Waals surface area (Å²) in [6.07, 6.45) is 1.07. The van der Waals surface area contributed by atoms with Crippen molar-refractivity contribution in [3.05, 3.63) is 59.2 Å². The van der Waals surface area contributed by atoms with Gasteiger partial charge in [-0.25, -0.2) is 9.59 Å². The maximum atomic E-state index is 12.9. The summed E-state index contributed by atoms with van der Waals surface area (Å²) < 4.78 is 15.6. The number of esters is 1. The molecule has 1 aliphatic heterocycles. The number of nitrogens with one attached hydrogen (secondary N) is 1. The van der Waals surface area contributed by atoms with Gasteiger partial charge in [-0.1, -0.05) is 30.3 Å². The third-order valence-electron chi connectivity index (χ3n) is 5.07. The summed E-state index contributed by atoms with van der Waals surface area (Å²) in [6.45, 7) is 0.980. The van der Waals surface area contributed by atoms with Gasteiger partial charge in [-0.15, -0.1) is 0 Å². The molecular weight excluding hydrogens is 372 g/mol. The molecule has 1 aliphatic rings. The highest BCUT2D eigenvalue weighted by atomic mass is 16.5. The fraction of sp³-hybridized carbons (Fsp3) is 0.364. The van der Waals surface area contributed by atoms with E-state index in [0.29, 0.717) is 37.4 Å². The number of fused-ring (bicyclic) bond motifs is 1. The van der Waals surface area contributed by atoms with Crippen LogP contribution < -0.4 is 14.8 Å². The summed E-state index contributed by atoms with van der Waals surface area (Å²) in [4.78, 5) is 26.7. The molecule has 0 aromatic heterocycles. The Hall–Kier alpha value is -3.22. The molecule has 0 unspecified atom stereocenters. The fourth-order valence-electron chi connectivity index (χ4n) is 3.48. The predicted octanol–water partition coefficient (Wildman–Crippen LogP) is 2.56. The number of rotatable bonds is 6. The average Bonchev–Trinajstić information content (AvgIpc) is 2.77. The minimum Gasteiger partial charge on any atom is -0.493 e. The second-order valence-corrected chi connectivity index (χ2v) is 6.86. The fourth-order valence-corrected chi connectivity index (χ4v) is 3.48. The summed E-state index contributed by atoms with van der Waals surface area (Å²) in [5.41, 5.74) is 3.08. The van der Waals surface area contributed by atoms with E-state index in [1.807, 2.05) is 42.5 Å². The number of hydrogen-bond acceptors (Lipinski definition) is 5. The van der Waals surface area contributed by atoms with Crippen molar-refractivity contribution in [2.75, 3.05) is 27.9 Å². The molecule has 3 rings (SSSR count). The maximum absolute atomic E-state index is 12.9. The average molecular weight is 398 g/mol. The molecule has 2 amide bonds. The zero-order valence-electron chi connectivity index (χ0n) is 16.9. The van der Waals surface area contributed by atoms with Gasteiger partial charge in [0.1, 0.15) is 6.04 Å². The van der Waals surface area contributed by atoms with Crippen LogP contribution in [0.1, 0.15) is 16.7 Å². The number of nitrogens with zero attached hydrogens (tertiary/aromatic N) is 1. The second kappa shape index (κ2) is 9.32. The van der Waals surface area contributed by atoms with Gasteiger partial charge < -0.3 is 24.4 Å². The van der Waals surface area contributed by atoms with Crippen molar-refractivity contribution < 1.29 is 23.8 Å². The van der Waals surface area contributed by atoms with Crippen molar-refractivity contribution in [1.82, 2.24) is 10.2 Å². The molecule has 2 aromatic rings. The van der Waals surface area contributed by atoms with E-state index < -0.39 is 12.0 Å². The number of carbonyl (C=O) groups excluding carboxylic acids is 2. The van der Waals surface area contributed by atoms with Crippen LogP contribution in [0, 0.1) is 0 Å². The van der Waals surface area contributed by atoms with Gasteiger partial charge in [-0.2, -0.15) is 0 Å². The maximum Gasteiger partial charge on any atom is 0.328 e. The van der Waals surface area contributed by atoms with Crippen molar-refractivity contribution in [2.24, 2.45) is 0 Å². The van der Waals surface area contributed by atoms with Crippen molar-refractivity contribution in [3.8, 4) is 11.5 Å². The van der Waals surface area contributed by atoms with Crippen LogP contribution >= 0.6 is 0 Å². The molecule has 29 heavy (non-hydrogen) atoms. The zero-order chi connectivity index (χ0) is 20.8. The van der Waals surface area contributed by atoms with Gasteiger partial charge in [0.15, 0.2) is 11.5 Å². The topological polar surface area (TPSA) is 77.1 Å². The summed E-state index contributed by atoms with van der Waals surface area (Å²) in [7, 11) is 4.51. The number of ether oxygens (including phenoxy) is 3. The van der Waals surface area contributed by atoms with Crippen molar-refractivity contribution in [1.29, 1.82) is 0 Å². The molecule has 1 heterocycles. The minimum absolute atomic E-state index is 0.295. The van der Waals surface area contributed by atoms with E-state index in [-0.39, 0.29) is 6.03 Å². The van der Waals surface area contributed by atoms with Crippen molar-refractivity contribution >= 4 is 12.0 Å². The molecule has 0 spiro atoms. The molecule has 2 aromatic carbocycles. The largest absolute Gasteiger partial charge is 0.493 e. The number of urea groups is 1. The number of amides is 2. The van der Waals surface area contributed by atoms with Crippen molar-refractivity contribution in [2.45, 2.75) is 25.4 Å². The Bertz CT molecular complexity index is 869. The van der Waals surface area contributed by atoms with Gasteiger partial charge in [-0.3, -0.25) is 0 Å². The van der Waals surface area contributed by atoms with Crippen LogP contribution in [0.4, 0.5) is 4.79 Å². The molecular formula is C22H26N2O5. The molecule has 0 fully saturated rings. The van der Waals surface area contributed by atoms with Gasteiger partial charge >= 0.3 is 12.0 Å². The first kappa shape index (κ1) is 20.5. The standard InChI is InChI=1S/C22H26N2O5/c1-27-19-12-16-9-10-24(14-17(16)13-20(19)28-2)22(26)23-18(21(25)29-3)11-15-7-5-4-6-8-15/h4-8,12-13,18H,9-11,14H2,1-3H3,(H,23,26)/t18-/m0/s1. The first-order chi connectivity index (χ1) is 14.0. The van der Waals surface area contributed by atoms with Crippen LogP contribution in [-0.4, -0.2) is 50.8 Å². The van der Waals surface area contributed by atoms with E-state index in [4.69, 9.17) is 14.2 Å². The van der Waals surface area contributed by atoms with Crippen LogP contribution in [0.5, 0.6) is 11.5 Å².